The number of anilines is 1. The summed E-state index contributed by atoms with van der Waals surface area (Å²) < 4.78 is 56.6. The molecule has 11 nitrogen and oxygen atoms in total. The van der Waals surface area contributed by atoms with Crippen molar-refractivity contribution in [2.45, 2.75) is 25.3 Å². The van der Waals surface area contributed by atoms with Gasteiger partial charge >= 0.3 is 24.5 Å². The van der Waals surface area contributed by atoms with E-state index in [9.17, 15) is 27.6 Å². The molecule has 0 aromatic heterocycles. The van der Waals surface area contributed by atoms with E-state index in [0.29, 0.717) is 21.0 Å². The summed E-state index contributed by atoms with van der Waals surface area (Å²) in [5.41, 5.74) is -0.582. The lowest BCUT2D eigenvalue weighted by Gasteiger charge is -2.35. The number of rotatable bonds is 3. The topological polar surface area (TPSA) is 127 Å². The van der Waals surface area contributed by atoms with E-state index in [-0.39, 0.29) is 24.4 Å². The van der Waals surface area contributed by atoms with Crippen molar-refractivity contribution in [2.24, 2.45) is 5.10 Å². The number of aliphatic hydroxyl groups is 1. The first-order valence-corrected chi connectivity index (χ1v) is 11.5. The Morgan fingerprint density at radius 1 is 1.15 bits per heavy atom. The zero-order chi connectivity index (χ0) is 29.0. The number of urea groups is 1. The molecule has 4 rings (SSSR count). The highest BCUT2D eigenvalue weighted by atomic mass is 35.5. The molecule has 0 radical (unpaired) electrons. The van der Waals surface area contributed by atoms with E-state index in [1.807, 2.05) is 0 Å². The van der Waals surface area contributed by atoms with Crippen LogP contribution in [0.4, 0.5) is 28.4 Å². The fourth-order valence-corrected chi connectivity index (χ4v) is 4.07. The van der Waals surface area contributed by atoms with Crippen LogP contribution in [0.15, 0.2) is 47.6 Å². The largest absolute Gasteiger partial charge is 0.573 e. The molecule has 0 bridgehead atoms. The van der Waals surface area contributed by atoms with Gasteiger partial charge in [-0.25, -0.2) is 14.4 Å². The van der Waals surface area contributed by atoms with Crippen molar-refractivity contribution in [3.05, 3.63) is 58.6 Å². The third-order valence-electron chi connectivity index (χ3n) is 5.41. The number of alkyl halides is 3. The Kier molecular flexibility index (Phi) is 9.04. The molecule has 0 spiro atoms. The molecule has 1 atom stereocenters. The summed E-state index contributed by atoms with van der Waals surface area (Å²) in [6.45, 7) is 1.38. The summed E-state index contributed by atoms with van der Waals surface area (Å²) >= 11 is 6.07. The number of aliphatic hydroxyl groups excluding tert-OH is 1. The minimum atomic E-state index is -4.92. The van der Waals surface area contributed by atoms with Gasteiger partial charge in [-0.2, -0.15) is 15.0 Å². The van der Waals surface area contributed by atoms with Gasteiger partial charge in [0.15, 0.2) is 0 Å². The summed E-state index contributed by atoms with van der Waals surface area (Å²) in [4.78, 5) is 39.0. The number of esters is 1. The van der Waals surface area contributed by atoms with Gasteiger partial charge in [-0.05, 0) is 48.9 Å². The summed E-state index contributed by atoms with van der Waals surface area (Å²) in [5, 5.41) is 13.1. The second kappa shape index (κ2) is 11.9. The number of fused-ring (bicyclic) bond motifs is 3. The fraction of sp³-hybridized carbons (Fsp3) is 0.333. The molecule has 0 fully saturated rings. The Morgan fingerprint density at radius 3 is 2.36 bits per heavy atom. The number of nitrogens with zero attached hydrogens (tertiary/aromatic N) is 3. The van der Waals surface area contributed by atoms with E-state index in [1.54, 1.807) is 25.1 Å². The SMILES string of the molecule is CCO.COC(=O)N(C(=O)N1CO[C@@]2(C(=O)OC)Cc3cc(Cl)ccc3C2=N1)c1ccc(OC(F)(F)F)cc1. The van der Waals surface area contributed by atoms with Gasteiger partial charge in [-0.1, -0.05) is 17.7 Å². The standard InChI is InChI=1S/C22H17ClF3N3O7.C2H6O/c1-33-18(30)21-10-12-9-13(23)3-8-16(12)17(21)27-28(11-35-21)19(31)29(20(32)34-2)14-4-6-15(7-5-14)36-22(24,25)26;1-2-3/h3-9H,10-11H2,1-2H3;3H,2H2,1H3/t21-;/m0./s1. The average Bonchev–Trinajstić information content (AvgIpc) is 3.22. The molecule has 1 aliphatic carbocycles. The Hall–Kier alpha value is -3.88. The molecule has 0 saturated heterocycles. The van der Waals surface area contributed by atoms with Gasteiger partial charge in [-0.15, -0.1) is 13.2 Å². The first-order chi connectivity index (χ1) is 18.4. The van der Waals surface area contributed by atoms with Crippen molar-refractivity contribution in [1.82, 2.24) is 5.01 Å². The van der Waals surface area contributed by atoms with E-state index in [4.69, 9.17) is 26.2 Å². The number of ether oxygens (including phenoxy) is 4. The molecule has 2 aromatic carbocycles. The smallest absolute Gasteiger partial charge is 0.467 e. The van der Waals surface area contributed by atoms with Crippen LogP contribution in [-0.2, 0) is 25.4 Å². The summed E-state index contributed by atoms with van der Waals surface area (Å²) in [7, 11) is 2.19. The number of carbonyl (C=O) groups is 3. The van der Waals surface area contributed by atoms with Crippen molar-refractivity contribution in [3.8, 4) is 5.75 Å². The third-order valence-corrected chi connectivity index (χ3v) is 5.65. The maximum Gasteiger partial charge on any atom is 0.573 e. The highest BCUT2D eigenvalue weighted by Gasteiger charge is 2.55. The maximum absolute atomic E-state index is 13.3. The predicted octanol–water partition coefficient (Wildman–Crippen LogP) is 4.09. The molecular weight excluding hydrogens is 551 g/mol. The summed E-state index contributed by atoms with van der Waals surface area (Å²) in [5.74, 6) is -1.31. The van der Waals surface area contributed by atoms with Crippen molar-refractivity contribution >= 4 is 41.1 Å². The Labute approximate surface area is 225 Å². The van der Waals surface area contributed by atoms with Gasteiger partial charge in [0.2, 0.25) is 5.60 Å². The highest BCUT2D eigenvalue weighted by Crippen LogP contribution is 2.39. The number of hydrogen-bond donors (Lipinski definition) is 1. The maximum atomic E-state index is 13.3. The molecular formula is C24H23ClF3N3O8. The fourth-order valence-electron chi connectivity index (χ4n) is 3.87. The van der Waals surface area contributed by atoms with E-state index in [1.165, 1.54) is 7.11 Å². The zero-order valence-corrected chi connectivity index (χ0v) is 21.6. The number of benzene rings is 2. The molecule has 1 aliphatic heterocycles. The second-order valence-corrected chi connectivity index (χ2v) is 8.30. The van der Waals surface area contributed by atoms with Gasteiger partial charge < -0.3 is 24.1 Å². The van der Waals surface area contributed by atoms with Crippen LogP contribution in [0.3, 0.4) is 0 Å². The van der Waals surface area contributed by atoms with E-state index < -0.39 is 42.5 Å². The molecule has 2 aromatic rings. The van der Waals surface area contributed by atoms with Crippen LogP contribution in [0, 0.1) is 0 Å². The summed E-state index contributed by atoms with van der Waals surface area (Å²) in [6, 6.07) is 7.70. The van der Waals surface area contributed by atoms with Crippen LogP contribution in [-0.4, -0.2) is 73.4 Å². The van der Waals surface area contributed by atoms with Gasteiger partial charge in [-0.3, -0.25) is 0 Å². The average molecular weight is 574 g/mol. The van der Waals surface area contributed by atoms with Gasteiger partial charge in [0.1, 0.15) is 18.2 Å². The van der Waals surface area contributed by atoms with Crippen LogP contribution in [0.2, 0.25) is 5.02 Å². The number of hydrazone groups is 1. The molecule has 39 heavy (non-hydrogen) atoms. The quantitative estimate of drug-likeness (QED) is 0.544. The van der Waals surface area contributed by atoms with E-state index in [0.717, 1.165) is 36.4 Å². The molecule has 0 saturated carbocycles. The van der Waals surface area contributed by atoms with Crippen molar-refractivity contribution in [3.63, 3.8) is 0 Å². The molecule has 0 unspecified atom stereocenters. The minimum absolute atomic E-state index is 0.0534. The molecule has 3 amide bonds. The summed E-state index contributed by atoms with van der Waals surface area (Å²) in [6.07, 6.45) is -6.01. The molecule has 1 N–H and O–H groups in total. The van der Waals surface area contributed by atoms with Crippen LogP contribution >= 0.6 is 11.6 Å². The van der Waals surface area contributed by atoms with Crippen molar-refractivity contribution in [1.29, 1.82) is 0 Å². The van der Waals surface area contributed by atoms with Crippen LogP contribution in [0.25, 0.3) is 0 Å². The van der Waals surface area contributed by atoms with Crippen LogP contribution < -0.4 is 9.64 Å². The number of imide groups is 1. The number of hydrogen-bond acceptors (Lipinski definition) is 9. The number of methoxy groups -OCH3 is 2. The number of halogens is 4. The van der Waals surface area contributed by atoms with Crippen molar-refractivity contribution < 1.29 is 51.6 Å². The Morgan fingerprint density at radius 2 is 1.79 bits per heavy atom. The Balaban J connectivity index is 0.00000134. The predicted molar refractivity (Wildman–Crippen MR) is 130 cm³/mol. The lowest BCUT2D eigenvalue weighted by Crippen LogP contribution is -2.56. The lowest BCUT2D eigenvalue weighted by atomic mass is 9.97. The van der Waals surface area contributed by atoms with Crippen LogP contribution in [0.1, 0.15) is 18.1 Å². The first-order valence-electron chi connectivity index (χ1n) is 11.2. The number of amides is 3. The second-order valence-electron chi connectivity index (χ2n) is 7.86. The van der Waals surface area contributed by atoms with Crippen molar-refractivity contribution in [2.75, 3.05) is 32.5 Å². The monoisotopic (exact) mass is 573 g/mol. The van der Waals surface area contributed by atoms with Crippen LogP contribution in [0.5, 0.6) is 5.75 Å². The number of carbonyl (C=O) groups excluding carboxylic acids is 3. The minimum Gasteiger partial charge on any atom is -0.467 e. The Bertz CT molecular complexity index is 1270. The molecule has 1 heterocycles. The zero-order valence-electron chi connectivity index (χ0n) is 20.8. The lowest BCUT2D eigenvalue weighted by molar-refractivity contribution is -0.274. The van der Waals surface area contributed by atoms with Gasteiger partial charge in [0.25, 0.3) is 0 Å². The highest BCUT2D eigenvalue weighted by molar-refractivity contribution is 6.31. The molecule has 210 valence electrons. The first kappa shape index (κ1) is 29.7. The molecule has 15 heteroatoms. The van der Waals surface area contributed by atoms with Gasteiger partial charge in [0, 0.05) is 23.6 Å². The van der Waals surface area contributed by atoms with E-state index >= 15 is 0 Å². The normalized spacial score (nSPS) is 17.5. The van der Waals surface area contributed by atoms with Gasteiger partial charge in [0.05, 0.1) is 19.9 Å². The molecule has 2 aliphatic rings. The van der Waals surface area contributed by atoms with E-state index in [2.05, 4.69) is 14.6 Å². The third kappa shape index (κ3) is 6.24.